The van der Waals surface area contributed by atoms with E-state index in [4.69, 9.17) is 4.74 Å². The van der Waals surface area contributed by atoms with E-state index in [9.17, 15) is 4.79 Å². The summed E-state index contributed by atoms with van der Waals surface area (Å²) in [6.07, 6.45) is 3.61. The molecule has 1 aromatic carbocycles. The largest absolute Gasteiger partial charge is 0.376 e. The fourth-order valence-corrected chi connectivity index (χ4v) is 2.42. The number of carbonyl (C=O) groups is 1. The summed E-state index contributed by atoms with van der Waals surface area (Å²) < 4.78 is 5.57. The Bertz CT molecular complexity index is 605. The van der Waals surface area contributed by atoms with Gasteiger partial charge in [0.2, 0.25) is 0 Å². The van der Waals surface area contributed by atoms with Crippen LogP contribution in [0.15, 0.2) is 36.5 Å². The molecule has 0 bridgehead atoms. The molecule has 110 valence electrons. The van der Waals surface area contributed by atoms with Gasteiger partial charge in [0.25, 0.3) is 5.91 Å². The second kappa shape index (κ2) is 6.05. The van der Waals surface area contributed by atoms with Crippen LogP contribution in [0.25, 0.3) is 5.69 Å². The van der Waals surface area contributed by atoms with Gasteiger partial charge in [-0.15, -0.1) is 5.10 Å². The first-order valence-corrected chi connectivity index (χ1v) is 7.14. The van der Waals surface area contributed by atoms with Crippen molar-refractivity contribution in [2.45, 2.75) is 31.9 Å². The summed E-state index contributed by atoms with van der Waals surface area (Å²) in [6.45, 7) is 2.73. The van der Waals surface area contributed by atoms with Crippen molar-refractivity contribution in [3.05, 3.63) is 42.2 Å². The van der Waals surface area contributed by atoms with Crippen LogP contribution in [-0.4, -0.2) is 39.7 Å². The Labute approximate surface area is 123 Å². The number of hydrogen-bond donors (Lipinski definition) is 1. The zero-order valence-electron chi connectivity index (χ0n) is 11.9. The lowest BCUT2D eigenvalue weighted by Crippen LogP contribution is -2.41. The molecule has 6 nitrogen and oxygen atoms in total. The summed E-state index contributed by atoms with van der Waals surface area (Å²) in [4.78, 5) is 13.6. The highest BCUT2D eigenvalue weighted by atomic mass is 16.5. The van der Waals surface area contributed by atoms with Gasteiger partial charge in [0.15, 0.2) is 5.69 Å². The number of ether oxygens (including phenoxy) is 1. The lowest BCUT2D eigenvalue weighted by atomic mass is 10.1. The first-order valence-electron chi connectivity index (χ1n) is 7.14. The van der Waals surface area contributed by atoms with E-state index in [1.807, 2.05) is 37.3 Å². The molecule has 1 saturated heterocycles. The molecule has 1 amide bonds. The van der Waals surface area contributed by atoms with Gasteiger partial charge in [-0.2, -0.15) is 9.90 Å². The Morgan fingerprint density at radius 1 is 1.43 bits per heavy atom. The summed E-state index contributed by atoms with van der Waals surface area (Å²) in [5.74, 6) is -0.222. The van der Waals surface area contributed by atoms with Crippen LogP contribution in [0.3, 0.4) is 0 Å². The van der Waals surface area contributed by atoms with Crippen LogP contribution < -0.4 is 5.32 Å². The van der Waals surface area contributed by atoms with Crippen LogP contribution in [0.1, 0.15) is 30.3 Å². The maximum atomic E-state index is 12.2. The number of benzene rings is 1. The minimum absolute atomic E-state index is 0.0260. The Kier molecular flexibility index (Phi) is 3.96. The van der Waals surface area contributed by atoms with Crippen LogP contribution >= 0.6 is 0 Å². The lowest BCUT2D eigenvalue weighted by molar-refractivity contribution is 0.0709. The number of para-hydroxylation sites is 1. The number of hydrogen-bond acceptors (Lipinski definition) is 4. The highest BCUT2D eigenvalue weighted by Crippen LogP contribution is 2.15. The van der Waals surface area contributed by atoms with E-state index < -0.39 is 0 Å². The van der Waals surface area contributed by atoms with Crippen molar-refractivity contribution >= 4 is 5.91 Å². The van der Waals surface area contributed by atoms with E-state index >= 15 is 0 Å². The van der Waals surface area contributed by atoms with E-state index in [0.717, 1.165) is 25.1 Å². The van der Waals surface area contributed by atoms with Crippen molar-refractivity contribution in [2.75, 3.05) is 6.61 Å². The summed E-state index contributed by atoms with van der Waals surface area (Å²) >= 11 is 0. The minimum Gasteiger partial charge on any atom is -0.376 e. The van der Waals surface area contributed by atoms with Gasteiger partial charge in [0.05, 0.1) is 24.0 Å². The fourth-order valence-electron chi connectivity index (χ4n) is 2.42. The zero-order chi connectivity index (χ0) is 14.7. The molecule has 2 heterocycles. The van der Waals surface area contributed by atoms with Crippen molar-refractivity contribution in [1.82, 2.24) is 20.3 Å². The van der Waals surface area contributed by atoms with Crippen LogP contribution in [0.2, 0.25) is 0 Å². The number of rotatable bonds is 4. The zero-order valence-corrected chi connectivity index (χ0v) is 11.9. The SMILES string of the molecule is C[C@@H](NC(=O)c1cnn(-c2ccccc2)n1)[C@@H]1CCCO1. The quantitative estimate of drug-likeness (QED) is 0.926. The Morgan fingerprint density at radius 2 is 2.24 bits per heavy atom. The Morgan fingerprint density at radius 3 is 2.95 bits per heavy atom. The van der Waals surface area contributed by atoms with Gasteiger partial charge in [-0.3, -0.25) is 4.79 Å². The molecule has 0 spiro atoms. The van der Waals surface area contributed by atoms with E-state index in [1.54, 1.807) is 0 Å². The number of aromatic nitrogens is 3. The van der Waals surface area contributed by atoms with Gasteiger partial charge in [0.1, 0.15) is 0 Å². The summed E-state index contributed by atoms with van der Waals surface area (Å²) in [5.41, 5.74) is 1.13. The molecule has 1 aliphatic heterocycles. The minimum atomic E-state index is -0.222. The average Bonchev–Trinajstić information content (AvgIpc) is 3.20. The van der Waals surface area contributed by atoms with Crippen molar-refractivity contribution < 1.29 is 9.53 Å². The molecular formula is C15H18N4O2. The number of nitrogens with zero attached hydrogens (tertiary/aromatic N) is 3. The molecule has 0 unspecified atom stereocenters. The van der Waals surface area contributed by atoms with E-state index in [2.05, 4.69) is 15.5 Å². The summed E-state index contributed by atoms with van der Waals surface area (Å²) in [6, 6.07) is 9.47. The van der Waals surface area contributed by atoms with Crippen molar-refractivity contribution in [2.24, 2.45) is 0 Å². The van der Waals surface area contributed by atoms with Gasteiger partial charge >= 0.3 is 0 Å². The standard InChI is InChI=1S/C15H18N4O2/c1-11(14-8-5-9-21-14)17-15(20)13-10-16-19(18-13)12-6-3-2-4-7-12/h2-4,6-7,10-11,14H,5,8-9H2,1H3,(H,17,20)/t11-,14+/m1/s1. The Hall–Kier alpha value is -2.21. The van der Waals surface area contributed by atoms with Crippen molar-refractivity contribution in [3.8, 4) is 5.69 Å². The lowest BCUT2D eigenvalue weighted by Gasteiger charge is -2.19. The highest BCUT2D eigenvalue weighted by molar-refractivity contribution is 5.92. The van der Waals surface area contributed by atoms with Gasteiger partial charge < -0.3 is 10.1 Å². The van der Waals surface area contributed by atoms with Gasteiger partial charge in [-0.1, -0.05) is 18.2 Å². The molecule has 1 aliphatic rings. The van der Waals surface area contributed by atoms with Gasteiger partial charge in [-0.05, 0) is 31.9 Å². The molecule has 21 heavy (non-hydrogen) atoms. The number of amides is 1. The second-order valence-electron chi connectivity index (χ2n) is 5.17. The van der Waals surface area contributed by atoms with E-state index in [1.165, 1.54) is 11.0 Å². The van der Waals surface area contributed by atoms with Crippen LogP contribution in [0, 0.1) is 0 Å². The topological polar surface area (TPSA) is 69.0 Å². The maximum Gasteiger partial charge on any atom is 0.273 e. The third-order valence-corrected chi connectivity index (χ3v) is 3.59. The third-order valence-electron chi connectivity index (χ3n) is 3.59. The normalized spacial score (nSPS) is 19.4. The molecule has 2 aromatic rings. The van der Waals surface area contributed by atoms with Crippen LogP contribution in [0.4, 0.5) is 0 Å². The molecule has 6 heteroatoms. The average molecular weight is 286 g/mol. The first kappa shape index (κ1) is 13.8. The molecule has 1 aromatic heterocycles. The highest BCUT2D eigenvalue weighted by Gasteiger charge is 2.24. The first-order chi connectivity index (χ1) is 10.2. The molecule has 0 saturated carbocycles. The molecular weight excluding hydrogens is 268 g/mol. The molecule has 0 aliphatic carbocycles. The van der Waals surface area contributed by atoms with Crippen LogP contribution in [-0.2, 0) is 4.74 Å². The van der Waals surface area contributed by atoms with Gasteiger partial charge in [0, 0.05) is 6.61 Å². The predicted molar refractivity (Wildman–Crippen MR) is 77.3 cm³/mol. The number of carbonyl (C=O) groups excluding carboxylic acids is 1. The fraction of sp³-hybridized carbons (Fsp3) is 0.400. The Balaban J connectivity index is 1.67. The third kappa shape index (κ3) is 3.11. The molecule has 1 N–H and O–H groups in total. The monoisotopic (exact) mass is 286 g/mol. The predicted octanol–water partition coefficient (Wildman–Crippen LogP) is 1.56. The summed E-state index contributed by atoms with van der Waals surface area (Å²) in [5, 5.41) is 11.3. The van der Waals surface area contributed by atoms with Gasteiger partial charge in [-0.25, -0.2) is 0 Å². The molecule has 3 rings (SSSR count). The van der Waals surface area contributed by atoms with E-state index in [-0.39, 0.29) is 18.1 Å². The molecule has 1 fully saturated rings. The van der Waals surface area contributed by atoms with Crippen molar-refractivity contribution in [3.63, 3.8) is 0 Å². The van der Waals surface area contributed by atoms with Crippen molar-refractivity contribution in [1.29, 1.82) is 0 Å². The summed E-state index contributed by atoms with van der Waals surface area (Å²) in [7, 11) is 0. The number of nitrogens with one attached hydrogen (secondary N) is 1. The molecule has 0 radical (unpaired) electrons. The van der Waals surface area contributed by atoms with Crippen LogP contribution in [0.5, 0.6) is 0 Å². The molecule has 2 atom stereocenters. The second-order valence-corrected chi connectivity index (χ2v) is 5.17. The smallest absolute Gasteiger partial charge is 0.273 e. The van der Waals surface area contributed by atoms with E-state index in [0.29, 0.717) is 5.69 Å². The maximum absolute atomic E-state index is 12.2.